The van der Waals surface area contributed by atoms with Gasteiger partial charge in [0.25, 0.3) is 5.91 Å². The van der Waals surface area contributed by atoms with Crippen molar-refractivity contribution in [3.05, 3.63) is 35.1 Å². The Kier molecular flexibility index (Phi) is 6.78. The molecule has 0 aromatic carbocycles. The maximum atomic E-state index is 12.5. The van der Waals surface area contributed by atoms with E-state index in [1.807, 2.05) is 6.92 Å². The molecule has 7 nitrogen and oxygen atoms in total. The van der Waals surface area contributed by atoms with Gasteiger partial charge in [-0.05, 0) is 19.4 Å². The number of rotatable bonds is 7. The molecule has 0 spiro atoms. The molecule has 25 heavy (non-hydrogen) atoms. The van der Waals surface area contributed by atoms with Crippen LogP contribution in [0.2, 0.25) is 5.15 Å². The van der Waals surface area contributed by atoms with Gasteiger partial charge in [-0.2, -0.15) is 5.10 Å². The van der Waals surface area contributed by atoms with E-state index in [1.54, 1.807) is 23.9 Å². The Balaban J connectivity index is 1.98. The van der Waals surface area contributed by atoms with E-state index in [0.717, 1.165) is 12.1 Å². The molecule has 0 N–H and O–H groups in total. The third-order valence-electron chi connectivity index (χ3n) is 3.86. The molecular weight excluding hydrogens is 344 g/mol. The fourth-order valence-corrected chi connectivity index (χ4v) is 2.87. The fraction of sp³-hybridized carbons (Fsp3) is 0.471. The van der Waals surface area contributed by atoms with Crippen LogP contribution in [0.3, 0.4) is 0 Å². The third kappa shape index (κ3) is 4.70. The van der Waals surface area contributed by atoms with E-state index in [1.165, 1.54) is 16.1 Å². The molecular formula is C17H23ClN4O3. The molecule has 1 saturated heterocycles. The molecule has 2 rings (SSSR count). The number of hydrazine groups is 1. The third-order valence-corrected chi connectivity index (χ3v) is 4.31. The van der Waals surface area contributed by atoms with Gasteiger partial charge in [0.15, 0.2) is 0 Å². The smallest absolute Gasteiger partial charge is 0.265 e. The number of amides is 2. The van der Waals surface area contributed by atoms with Crippen molar-refractivity contribution in [3.8, 4) is 0 Å². The second kappa shape index (κ2) is 8.82. The zero-order valence-corrected chi connectivity index (χ0v) is 15.3. The summed E-state index contributed by atoms with van der Waals surface area (Å²) in [5, 5.41) is 7.62. The van der Waals surface area contributed by atoms with Gasteiger partial charge in [0.2, 0.25) is 5.91 Å². The van der Waals surface area contributed by atoms with Gasteiger partial charge in [0.05, 0.1) is 25.3 Å². The van der Waals surface area contributed by atoms with E-state index in [0.29, 0.717) is 37.0 Å². The SMILES string of the molecule is C=CCOCCC(=O)N1CCCN1C(=O)C=Cc1c(C)nn(C)c1Cl. The topological polar surface area (TPSA) is 67.7 Å². The minimum Gasteiger partial charge on any atom is -0.377 e. The van der Waals surface area contributed by atoms with Crippen molar-refractivity contribution in [3.63, 3.8) is 0 Å². The Hall–Kier alpha value is -2.12. The Morgan fingerprint density at radius 3 is 2.72 bits per heavy atom. The molecule has 0 bridgehead atoms. The first-order valence-electron chi connectivity index (χ1n) is 8.13. The maximum Gasteiger partial charge on any atom is 0.265 e. The molecule has 1 fully saturated rings. The summed E-state index contributed by atoms with van der Waals surface area (Å²) >= 11 is 6.16. The summed E-state index contributed by atoms with van der Waals surface area (Å²) in [4.78, 5) is 24.7. The molecule has 0 radical (unpaired) electrons. The van der Waals surface area contributed by atoms with Gasteiger partial charge < -0.3 is 4.74 Å². The zero-order valence-electron chi connectivity index (χ0n) is 14.6. The number of hydrogen-bond donors (Lipinski definition) is 0. The minimum atomic E-state index is -0.253. The maximum absolute atomic E-state index is 12.5. The van der Waals surface area contributed by atoms with E-state index < -0.39 is 0 Å². The first kappa shape index (κ1) is 19.2. The van der Waals surface area contributed by atoms with E-state index >= 15 is 0 Å². The zero-order chi connectivity index (χ0) is 18.4. The van der Waals surface area contributed by atoms with E-state index in [9.17, 15) is 9.59 Å². The standard InChI is InChI=1S/C17H23ClN4O3/c1-4-11-25-12-8-16(24)22-10-5-9-21(22)15(23)7-6-14-13(2)19-20(3)17(14)18/h4,6-7H,1,5,8-12H2,2-3H3. The van der Waals surface area contributed by atoms with Crippen LogP contribution in [0.25, 0.3) is 6.08 Å². The summed E-state index contributed by atoms with van der Waals surface area (Å²) < 4.78 is 6.79. The van der Waals surface area contributed by atoms with Gasteiger partial charge >= 0.3 is 0 Å². The van der Waals surface area contributed by atoms with Crippen LogP contribution in [-0.4, -0.2) is 57.9 Å². The molecule has 0 aliphatic carbocycles. The predicted molar refractivity (Wildman–Crippen MR) is 95.7 cm³/mol. The largest absolute Gasteiger partial charge is 0.377 e. The summed E-state index contributed by atoms with van der Waals surface area (Å²) in [6.45, 7) is 7.14. The van der Waals surface area contributed by atoms with Gasteiger partial charge in [-0.15, -0.1) is 6.58 Å². The summed E-state index contributed by atoms with van der Waals surface area (Å²) in [6, 6.07) is 0. The van der Waals surface area contributed by atoms with Gasteiger partial charge in [-0.25, -0.2) is 5.01 Å². The van der Waals surface area contributed by atoms with Gasteiger partial charge in [0.1, 0.15) is 5.15 Å². The number of aryl methyl sites for hydroxylation is 2. The lowest BCUT2D eigenvalue weighted by Gasteiger charge is -2.26. The van der Waals surface area contributed by atoms with Gasteiger partial charge in [-0.1, -0.05) is 17.7 Å². The highest BCUT2D eigenvalue weighted by atomic mass is 35.5. The second-order valence-corrected chi connectivity index (χ2v) is 6.05. The molecule has 0 atom stereocenters. The lowest BCUT2D eigenvalue weighted by molar-refractivity contribution is -0.155. The predicted octanol–water partition coefficient (Wildman–Crippen LogP) is 1.96. The number of nitrogens with zero attached hydrogens (tertiary/aromatic N) is 4. The highest BCUT2D eigenvalue weighted by Gasteiger charge is 2.29. The number of carbonyl (C=O) groups is 2. The van der Waals surface area contributed by atoms with Crippen molar-refractivity contribution in [2.75, 3.05) is 26.3 Å². The monoisotopic (exact) mass is 366 g/mol. The molecule has 2 amide bonds. The highest BCUT2D eigenvalue weighted by Crippen LogP contribution is 2.20. The first-order chi connectivity index (χ1) is 12.0. The van der Waals surface area contributed by atoms with Gasteiger partial charge in [-0.3, -0.25) is 19.3 Å². The van der Waals surface area contributed by atoms with Crippen LogP contribution < -0.4 is 0 Å². The van der Waals surface area contributed by atoms with Crippen LogP contribution >= 0.6 is 11.6 Å². The Morgan fingerprint density at radius 2 is 2.08 bits per heavy atom. The number of ether oxygens (including phenoxy) is 1. The Labute approximate surface area is 152 Å². The average molecular weight is 367 g/mol. The second-order valence-electron chi connectivity index (χ2n) is 5.69. The number of hydrogen-bond acceptors (Lipinski definition) is 4. The van der Waals surface area contributed by atoms with Crippen molar-refractivity contribution in [2.24, 2.45) is 7.05 Å². The molecule has 1 aromatic rings. The van der Waals surface area contributed by atoms with Crippen molar-refractivity contribution < 1.29 is 14.3 Å². The normalized spacial score (nSPS) is 14.5. The van der Waals surface area contributed by atoms with Crippen molar-refractivity contribution >= 4 is 29.5 Å². The lowest BCUT2D eigenvalue weighted by atomic mass is 10.2. The molecule has 1 aliphatic heterocycles. The molecule has 0 saturated carbocycles. The van der Waals surface area contributed by atoms with Crippen LogP contribution in [0.5, 0.6) is 0 Å². The fourth-order valence-electron chi connectivity index (χ4n) is 2.63. The summed E-state index contributed by atoms with van der Waals surface area (Å²) in [7, 11) is 1.74. The van der Waals surface area contributed by atoms with Crippen molar-refractivity contribution in [2.45, 2.75) is 19.8 Å². The van der Waals surface area contributed by atoms with Crippen LogP contribution in [-0.2, 0) is 21.4 Å². The minimum absolute atomic E-state index is 0.126. The van der Waals surface area contributed by atoms with E-state index in [4.69, 9.17) is 16.3 Å². The van der Waals surface area contributed by atoms with Crippen LogP contribution in [0.4, 0.5) is 0 Å². The van der Waals surface area contributed by atoms with E-state index in [2.05, 4.69) is 11.7 Å². The van der Waals surface area contributed by atoms with Gasteiger partial charge in [0, 0.05) is 31.8 Å². The van der Waals surface area contributed by atoms with Crippen molar-refractivity contribution in [1.82, 2.24) is 19.8 Å². The summed E-state index contributed by atoms with van der Waals surface area (Å²) in [5.41, 5.74) is 1.44. The summed E-state index contributed by atoms with van der Waals surface area (Å²) in [5.74, 6) is -0.379. The molecule has 136 valence electrons. The quantitative estimate of drug-likeness (QED) is 0.420. The molecule has 8 heteroatoms. The number of halogens is 1. The van der Waals surface area contributed by atoms with Crippen molar-refractivity contribution in [1.29, 1.82) is 0 Å². The lowest BCUT2D eigenvalue weighted by Crippen LogP contribution is -2.44. The van der Waals surface area contributed by atoms with E-state index in [-0.39, 0.29) is 18.2 Å². The Morgan fingerprint density at radius 1 is 1.36 bits per heavy atom. The molecule has 2 heterocycles. The van der Waals surface area contributed by atoms with Crippen LogP contribution in [0.1, 0.15) is 24.1 Å². The average Bonchev–Trinajstić information content (AvgIpc) is 3.16. The summed E-state index contributed by atoms with van der Waals surface area (Å²) in [6.07, 6.45) is 5.68. The van der Waals surface area contributed by atoms with Crippen LogP contribution in [0.15, 0.2) is 18.7 Å². The molecule has 1 aromatic heterocycles. The Bertz CT molecular complexity index is 684. The number of carbonyl (C=O) groups excluding carboxylic acids is 2. The highest BCUT2D eigenvalue weighted by molar-refractivity contribution is 6.31. The molecule has 0 unspecified atom stereocenters. The first-order valence-corrected chi connectivity index (χ1v) is 8.51. The number of aromatic nitrogens is 2. The molecule has 1 aliphatic rings. The van der Waals surface area contributed by atoms with Crippen LogP contribution in [0, 0.1) is 6.92 Å².